The third kappa shape index (κ3) is 28.7. The maximum absolute atomic E-state index is 11.7. The van der Waals surface area contributed by atoms with Gasteiger partial charge in [-0.2, -0.15) is 0 Å². The molecular weight excluding hydrogens is 664 g/mol. The largest absolute Gasteiger partial charge is 0.756 e. The number of likely N-dealkylation sites (N-methyl/N-ethyl adjacent to an activating group) is 1. The number of phosphoric ester groups is 1. The molecule has 2 atom stereocenters. The van der Waals surface area contributed by atoms with Crippen molar-refractivity contribution in [3.8, 4) is 0 Å². The first-order valence-electron chi connectivity index (χ1n) is 15.9. The molecule has 0 aromatic heterocycles. The highest BCUT2D eigenvalue weighted by Crippen LogP contribution is 2.38. The minimum atomic E-state index is -4.22. The van der Waals surface area contributed by atoms with Crippen LogP contribution in [0.2, 0.25) is 0 Å². The van der Waals surface area contributed by atoms with E-state index in [1.165, 1.54) is 112 Å². The maximum Gasteiger partial charge on any atom is 0.267 e. The van der Waals surface area contributed by atoms with E-state index in [2.05, 4.69) is 46.9 Å². The minimum Gasteiger partial charge on any atom is -0.756 e. The van der Waals surface area contributed by atoms with Crippen molar-refractivity contribution >= 4 is 30.4 Å². The van der Waals surface area contributed by atoms with E-state index >= 15 is 0 Å². The van der Waals surface area contributed by atoms with Crippen LogP contribution in [0.25, 0.3) is 0 Å². The van der Waals surface area contributed by atoms with Gasteiger partial charge in [0.2, 0.25) is 0 Å². The van der Waals surface area contributed by atoms with Gasteiger partial charge < -0.3 is 29.1 Å². The van der Waals surface area contributed by atoms with Gasteiger partial charge in [0.05, 0.1) is 19.8 Å². The Morgan fingerprint density at radius 1 is 0.738 bits per heavy atom. The Kier molecular flexibility index (Phi) is 31.1. The Balaban J connectivity index is 0. The highest BCUT2D eigenvalue weighted by atomic mass is 127. The molecule has 9 heteroatoms. The number of benzene rings is 1. The van der Waals surface area contributed by atoms with Crippen molar-refractivity contribution in [3.63, 3.8) is 0 Å². The molecule has 0 amide bonds. The molecule has 0 bridgehead atoms. The summed E-state index contributed by atoms with van der Waals surface area (Å²) >= 11 is 2.37. The van der Waals surface area contributed by atoms with E-state index in [-0.39, 0.29) is 32.0 Å². The highest BCUT2D eigenvalue weighted by molar-refractivity contribution is 14.1. The van der Waals surface area contributed by atoms with Crippen LogP contribution < -0.4 is 4.89 Å². The van der Waals surface area contributed by atoms with Crippen LogP contribution in [-0.4, -0.2) is 57.4 Å². The average Bonchev–Trinajstić information content (AvgIpc) is 2.91. The van der Waals surface area contributed by atoms with Crippen molar-refractivity contribution in [1.82, 2.24) is 4.90 Å². The number of nitrogens with zero attached hydrogens (tertiary/aromatic N) is 1. The summed E-state index contributed by atoms with van der Waals surface area (Å²) in [5, 5.41) is 0. The van der Waals surface area contributed by atoms with E-state index < -0.39 is 7.82 Å². The molecule has 0 saturated heterocycles. The molecule has 0 aliphatic rings. The quantitative estimate of drug-likeness (QED) is 0.0487. The van der Waals surface area contributed by atoms with Crippen LogP contribution in [0.1, 0.15) is 123 Å². The molecule has 0 spiro atoms. The van der Waals surface area contributed by atoms with Crippen molar-refractivity contribution in [3.05, 3.63) is 33.4 Å². The summed E-state index contributed by atoms with van der Waals surface area (Å²) in [5.41, 5.74) is 1.48. The second-order valence-electron chi connectivity index (χ2n) is 11.6. The first-order valence-corrected chi connectivity index (χ1v) is 18.4. The van der Waals surface area contributed by atoms with E-state index in [9.17, 15) is 9.46 Å². The van der Waals surface area contributed by atoms with Crippen molar-refractivity contribution in [1.29, 1.82) is 0 Å². The molecule has 0 heterocycles. The summed E-state index contributed by atoms with van der Waals surface area (Å²) in [6.45, 7) is 3.89. The van der Waals surface area contributed by atoms with Gasteiger partial charge >= 0.3 is 0 Å². The first kappa shape index (κ1) is 44.1. The van der Waals surface area contributed by atoms with Crippen LogP contribution in [-0.2, 0) is 24.8 Å². The third-order valence-electron chi connectivity index (χ3n) is 7.12. The third-order valence-corrected chi connectivity index (χ3v) is 8.81. The number of halogens is 1. The zero-order valence-electron chi connectivity index (χ0n) is 26.3. The molecule has 1 aromatic carbocycles. The number of ether oxygens (including phenoxy) is 1. The molecule has 0 radical (unpaired) electrons. The molecule has 2 unspecified atom stereocenters. The molecule has 2 N–H and O–H groups in total. The van der Waals surface area contributed by atoms with Crippen molar-refractivity contribution in [2.45, 2.75) is 124 Å². The average molecular weight is 729 g/mol. The maximum atomic E-state index is 11.7. The first-order chi connectivity index (χ1) is 19.3. The topological polar surface area (TPSA) is 103 Å². The van der Waals surface area contributed by atoms with Crippen molar-refractivity contribution in [2.75, 3.05) is 47.1 Å². The smallest absolute Gasteiger partial charge is 0.267 e. The van der Waals surface area contributed by atoms with Gasteiger partial charge in [-0.05, 0) is 73.6 Å². The Hall–Kier alpha value is -0.0600. The normalized spacial score (nSPS) is 13.4. The van der Waals surface area contributed by atoms with Gasteiger partial charge in [0.15, 0.2) is 0 Å². The zero-order chi connectivity index (χ0) is 29.3. The Bertz CT molecular complexity index is 753. The Morgan fingerprint density at radius 2 is 1.19 bits per heavy atom. The molecular formula is C33H64INO6P-. The van der Waals surface area contributed by atoms with Gasteiger partial charge in [-0.15, -0.1) is 0 Å². The fraction of sp³-hybridized carbons (Fsp3) is 0.818. The van der Waals surface area contributed by atoms with E-state index in [1.54, 1.807) is 0 Å². The van der Waals surface area contributed by atoms with E-state index in [4.69, 9.17) is 13.8 Å². The van der Waals surface area contributed by atoms with Gasteiger partial charge in [-0.25, -0.2) is 0 Å². The van der Waals surface area contributed by atoms with Crippen LogP contribution in [0, 0.1) is 9.49 Å². The fourth-order valence-corrected chi connectivity index (χ4v) is 5.76. The molecule has 0 saturated carbocycles. The van der Waals surface area contributed by atoms with Crippen molar-refractivity contribution < 1.29 is 28.7 Å². The van der Waals surface area contributed by atoms with Gasteiger partial charge in [-0.1, -0.05) is 116 Å². The number of unbranched alkanes of at least 4 members (excludes halogenated alkanes) is 15. The summed E-state index contributed by atoms with van der Waals surface area (Å²) in [6, 6.07) is 8.96. The molecule has 1 rings (SSSR count). The lowest BCUT2D eigenvalue weighted by Gasteiger charge is -2.25. The number of phosphoric acid groups is 1. The predicted octanol–water partition coefficient (Wildman–Crippen LogP) is 8.60. The molecule has 0 fully saturated rings. The number of hydrogen-bond donors (Lipinski definition) is 0. The lowest BCUT2D eigenvalue weighted by molar-refractivity contribution is -0.226. The predicted molar refractivity (Wildman–Crippen MR) is 185 cm³/mol. The molecule has 7 nitrogen and oxygen atoms in total. The summed E-state index contributed by atoms with van der Waals surface area (Å²) < 4.78 is 28.6. The van der Waals surface area contributed by atoms with Gasteiger partial charge in [0, 0.05) is 22.6 Å². The summed E-state index contributed by atoms with van der Waals surface area (Å²) in [5.74, 6) is 0.0132. The lowest BCUT2D eigenvalue weighted by Crippen LogP contribution is -2.21. The minimum absolute atomic E-state index is 0. The Labute approximate surface area is 272 Å². The molecule has 1 aromatic rings. The van der Waals surface area contributed by atoms with Gasteiger partial charge in [-0.3, -0.25) is 4.57 Å². The fourth-order valence-electron chi connectivity index (χ4n) is 4.58. The standard InChI is InChI=1S/C32H59INO5P.CH4.H2O/c1-30(29-39-40(35,36)38-27-25-34(2)3)28-37-26-19-17-15-13-11-9-7-5-4-6-8-10-12-14-16-18-20-31-21-23-32(33)24-22-31;;/h21-24,30H,4-20,25-29H2,1-3H3,(H,35,36);1H4;1H2/p-1. The zero-order valence-corrected chi connectivity index (χ0v) is 29.3. The second kappa shape index (κ2) is 29.6. The van der Waals surface area contributed by atoms with E-state index in [0.717, 1.165) is 13.0 Å². The highest BCUT2D eigenvalue weighted by Gasteiger charge is 2.12. The van der Waals surface area contributed by atoms with Crippen LogP contribution in [0.15, 0.2) is 24.3 Å². The number of rotatable bonds is 28. The SMILES string of the molecule is C.CC(COCCCCCCCCCCCCCCCCCCc1ccc(I)cc1)COP(=O)([O-])OCCN(C)C.O. The summed E-state index contributed by atoms with van der Waals surface area (Å²) in [6.07, 6.45) is 22.7. The second-order valence-corrected chi connectivity index (χ2v) is 14.2. The van der Waals surface area contributed by atoms with Crippen molar-refractivity contribution in [2.24, 2.45) is 5.92 Å². The Morgan fingerprint density at radius 3 is 1.67 bits per heavy atom. The monoisotopic (exact) mass is 728 g/mol. The van der Waals surface area contributed by atoms with Crippen LogP contribution in [0.5, 0.6) is 0 Å². The molecule has 0 aliphatic carbocycles. The summed E-state index contributed by atoms with van der Waals surface area (Å²) in [4.78, 5) is 13.6. The van der Waals surface area contributed by atoms with Crippen LogP contribution >= 0.6 is 30.4 Å². The number of hydrogen-bond acceptors (Lipinski definition) is 6. The van der Waals surface area contributed by atoms with E-state index in [0.29, 0.717) is 13.2 Å². The van der Waals surface area contributed by atoms with Gasteiger partial charge in [0.1, 0.15) is 0 Å². The van der Waals surface area contributed by atoms with Crippen LogP contribution in [0.4, 0.5) is 0 Å². The molecule has 42 heavy (non-hydrogen) atoms. The lowest BCUT2D eigenvalue weighted by atomic mass is 10.0. The molecule has 0 aliphatic heterocycles. The van der Waals surface area contributed by atoms with Crippen LogP contribution in [0.3, 0.4) is 0 Å². The summed E-state index contributed by atoms with van der Waals surface area (Å²) in [7, 11) is -0.501. The number of aryl methyl sites for hydroxylation is 1. The van der Waals surface area contributed by atoms with E-state index in [1.807, 2.05) is 25.9 Å². The van der Waals surface area contributed by atoms with Gasteiger partial charge in [0.25, 0.3) is 7.82 Å². The molecule has 250 valence electrons.